The molecule has 0 aromatic carbocycles. The van der Waals surface area contributed by atoms with Crippen molar-refractivity contribution in [2.75, 3.05) is 39.6 Å². The van der Waals surface area contributed by atoms with Crippen LogP contribution in [0.25, 0.3) is 0 Å². The van der Waals surface area contributed by atoms with E-state index < -0.39 is 49.8 Å². The zero-order valence-corrected chi connectivity index (χ0v) is 13.5. The number of ether oxygens (including phenoxy) is 2. The van der Waals surface area contributed by atoms with Crippen LogP contribution in [-0.2, 0) is 9.47 Å². The summed E-state index contributed by atoms with van der Waals surface area (Å²) in [7, 11) is 0. The van der Waals surface area contributed by atoms with E-state index in [1.807, 2.05) is 0 Å². The monoisotopic (exact) mass is 358 g/mol. The fraction of sp³-hybridized carbons (Fsp3) is 1.00. The average Bonchev–Trinajstić information content (AvgIpc) is 2.60. The lowest BCUT2D eigenvalue weighted by atomic mass is 10.1. The first-order valence-electron chi connectivity index (χ1n) is 7.80. The maximum absolute atomic E-state index is 9.48. The molecule has 0 rings (SSSR count). The molecule has 0 heterocycles. The van der Waals surface area contributed by atoms with Crippen LogP contribution >= 0.6 is 0 Å². The first-order chi connectivity index (χ1) is 11.3. The Morgan fingerprint density at radius 3 is 1.17 bits per heavy atom. The Balaban J connectivity index is 3.58. The van der Waals surface area contributed by atoms with E-state index in [1.54, 1.807) is 0 Å². The fourth-order valence-electron chi connectivity index (χ4n) is 1.74. The van der Waals surface area contributed by atoms with Crippen LogP contribution in [0.5, 0.6) is 0 Å². The van der Waals surface area contributed by atoms with Gasteiger partial charge in [-0.15, -0.1) is 0 Å². The van der Waals surface area contributed by atoms with Crippen LogP contribution in [0.3, 0.4) is 0 Å². The summed E-state index contributed by atoms with van der Waals surface area (Å²) in [5.74, 6) is 0. The molecule has 8 N–H and O–H groups in total. The van der Waals surface area contributed by atoms with Gasteiger partial charge in [0.15, 0.2) is 0 Å². The highest BCUT2D eigenvalue weighted by molar-refractivity contribution is 4.74. The molecule has 24 heavy (non-hydrogen) atoms. The van der Waals surface area contributed by atoms with Crippen LogP contribution in [0.2, 0.25) is 0 Å². The molecule has 0 fully saturated rings. The van der Waals surface area contributed by atoms with Crippen LogP contribution in [0.15, 0.2) is 0 Å². The van der Waals surface area contributed by atoms with Crippen LogP contribution in [0.1, 0.15) is 12.8 Å². The lowest BCUT2D eigenvalue weighted by Crippen LogP contribution is -2.42. The molecular weight excluding hydrogens is 328 g/mol. The van der Waals surface area contributed by atoms with Gasteiger partial charge < -0.3 is 50.3 Å². The maximum atomic E-state index is 9.48. The quantitative estimate of drug-likeness (QED) is 0.134. The highest BCUT2D eigenvalue weighted by Crippen LogP contribution is 2.03. The summed E-state index contributed by atoms with van der Waals surface area (Å²) in [6, 6.07) is 0. The van der Waals surface area contributed by atoms with E-state index in [0.29, 0.717) is 12.8 Å². The molecule has 0 aliphatic carbocycles. The summed E-state index contributed by atoms with van der Waals surface area (Å²) >= 11 is 0. The molecule has 10 nitrogen and oxygen atoms in total. The third-order valence-corrected chi connectivity index (χ3v) is 3.36. The van der Waals surface area contributed by atoms with E-state index in [1.165, 1.54) is 0 Å². The van der Waals surface area contributed by atoms with E-state index in [-0.39, 0.29) is 26.4 Å². The molecular formula is C14H30O10. The largest absolute Gasteiger partial charge is 0.394 e. The number of rotatable bonds is 15. The van der Waals surface area contributed by atoms with Gasteiger partial charge in [-0.2, -0.15) is 0 Å². The Morgan fingerprint density at radius 1 is 0.542 bits per heavy atom. The summed E-state index contributed by atoms with van der Waals surface area (Å²) in [6.07, 6.45) is -7.30. The number of hydrogen-bond donors (Lipinski definition) is 8. The first kappa shape index (κ1) is 23.6. The normalized spacial score (nSPS) is 19.5. The van der Waals surface area contributed by atoms with Crippen molar-refractivity contribution in [3.63, 3.8) is 0 Å². The first-order valence-corrected chi connectivity index (χ1v) is 7.80. The molecule has 0 bridgehead atoms. The minimum atomic E-state index is -1.49. The lowest BCUT2D eigenvalue weighted by Gasteiger charge is -2.21. The summed E-state index contributed by atoms with van der Waals surface area (Å²) in [5, 5.41) is 73.2. The van der Waals surface area contributed by atoms with Gasteiger partial charge in [-0.1, -0.05) is 0 Å². The van der Waals surface area contributed by atoms with E-state index in [2.05, 4.69) is 0 Å². The summed E-state index contributed by atoms with van der Waals surface area (Å²) in [5.41, 5.74) is 0. The van der Waals surface area contributed by atoms with E-state index in [9.17, 15) is 20.4 Å². The smallest absolute Gasteiger partial charge is 0.110 e. The van der Waals surface area contributed by atoms with Gasteiger partial charge in [-0.25, -0.2) is 0 Å². The summed E-state index contributed by atoms with van der Waals surface area (Å²) < 4.78 is 10.2. The second-order valence-corrected chi connectivity index (χ2v) is 5.47. The Hall–Kier alpha value is -0.400. The Morgan fingerprint density at radius 2 is 0.875 bits per heavy atom. The maximum Gasteiger partial charge on any atom is 0.110 e. The SMILES string of the molecule is OCC(O)C(O)C(O)COCCCCOCC(O)C(O)C(O)CO. The van der Waals surface area contributed by atoms with E-state index in [4.69, 9.17) is 29.9 Å². The van der Waals surface area contributed by atoms with Crippen LogP contribution < -0.4 is 0 Å². The highest BCUT2D eigenvalue weighted by atomic mass is 16.5. The van der Waals surface area contributed by atoms with Crippen molar-refractivity contribution in [3.05, 3.63) is 0 Å². The standard InChI is InChI=1S/C14H30O10/c15-5-9(17)13(21)11(19)7-23-3-1-2-4-24-8-12(20)14(22)10(18)6-16/h9-22H,1-8H2. The zero-order valence-electron chi connectivity index (χ0n) is 13.5. The van der Waals surface area contributed by atoms with Crippen molar-refractivity contribution < 1.29 is 50.3 Å². The minimum absolute atomic E-state index is 0.191. The van der Waals surface area contributed by atoms with E-state index in [0.717, 1.165) is 0 Å². The number of unbranched alkanes of at least 4 members (excludes halogenated alkanes) is 1. The van der Waals surface area contributed by atoms with Gasteiger partial charge in [0, 0.05) is 13.2 Å². The van der Waals surface area contributed by atoms with Gasteiger partial charge in [-0.05, 0) is 12.8 Å². The molecule has 0 radical (unpaired) electrons. The van der Waals surface area contributed by atoms with Gasteiger partial charge in [-0.3, -0.25) is 0 Å². The molecule has 146 valence electrons. The molecule has 0 amide bonds. The average molecular weight is 358 g/mol. The molecule has 0 aromatic heterocycles. The number of aliphatic hydroxyl groups is 8. The number of aliphatic hydroxyl groups excluding tert-OH is 8. The van der Waals surface area contributed by atoms with Gasteiger partial charge >= 0.3 is 0 Å². The van der Waals surface area contributed by atoms with E-state index >= 15 is 0 Å². The predicted octanol–water partition coefficient (Wildman–Crippen LogP) is -4.05. The highest BCUT2D eigenvalue weighted by Gasteiger charge is 2.24. The molecule has 0 saturated carbocycles. The lowest BCUT2D eigenvalue weighted by molar-refractivity contribution is -0.102. The van der Waals surface area contributed by atoms with Gasteiger partial charge in [0.2, 0.25) is 0 Å². The van der Waals surface area contributed by atoms with Crippen molar-refractivity contribution >= 4 is 0 Å². The third kappa shape index (κ3) is 9.79. The predicted molar refractivity (Wildman–Crippen MR) is 81.1 cm³/mol. The molecule has 0 saturated heterocycles. The van der Waals surface area contributed by atoms with Crippen molar-refractivity contribution in [2.45, 2.75) is 49.5 Å². The molecule has 0 aromatic rings. The van der Waals surface area contributed by atoms with Crippen molar-refractivity contribution in [3.8, 4) is 0 Å². The van der Waals surface area contributed by atoms with Crippen molar-refractivity contribution in [1.82, 2.24) is 0 Å². The van der Waals surface area contributed by atoms with Crippen LogP contribution in [0, 0.1) is 0 Å². The summed E-state index contributed by atoms with van der Waals surface area (Å²) in [6.45, 7) is -1.16. The minimum Gasteiger partial charge on any atom is -0.394 e. The second kappa shape index (κ2) is 13.8. The molecule has 6 atom stereocenters. The second-order valence-electron chi connectivity index (χ2n) is 5.47. The van der Waals surface area contributed by atoms with Gasteiger partial charge in [0.25, 0.3) is 0 Å². The van der Waals surface area contributed by atoms with Gasteiger partial charge in [0.05, 0.1) is 26.4 Å². The van der Waals surface area contributed by atoms with Crippen molar-refractivity contribution in [2.24, 2.45) is 0 Å². The van der Waals surface area contributed by atoms with Crippen LogP contribution in [0.4, 0.5) is 0 Å². The molecule has 0 spiro atoms. The zero-order chi connectivity index (χ0) is 18.5. The van der Waals surface area contributed by atoms with Crippen LogP contribution in [-0.4, -0.2) is 117 Å². The summed E-state index contributed by atoms with van der Waals surface area (Å²) in [4.78, 5) is 0. The molecule has 0 aliphatic rings. The van der Waals surface area contributed by atoms with Crippen molar-refractivity contribution in [1.29, 1.82) is 0 Å². The Bertz CT molecular complexity index is 265. The fourth-order valence-corrected chi connectivity index (χ4v) is 1.74. The molecule has 0 aliphatic heterocycles. The third-order valence-electron chi connectivity index (χ3n) is 3.36. The molecule has 10 heteroatoms. The Kier molecular flexibility index (Phi) is 13.6. The number of hydrogen-bond acceptors (Lipinski definition) is 10. The van der Waals surface area contributed by atoms with Gasteiger partial charge in [0.1, 0.15) is 36.6 Å². The topological polar surface area (TPSA) is 180 Å². The molecule has 6 unspecified atom stereocenters. The Labute approximate surface area is 140 Å².